The molecule has 108 valence electrons. The quantitative estimate of drug-likeness (QED) is 0.859. The molecular formula is C13H17FN4O2. The lowest BCUT2D eigenvalue weighted by Crippen LogP contribution is -2.50. The zero-order valence-electron chi connectivity index (χ0n) is 11.4. The summed E-state index contributed by atoms with van der Waals surface area (Å²) in [6, 6.07) is -0.183. The lowest BCUT2D eigenvalue weighted by atomic mass is 9.97. The number of halogens is 1. The molecule has 0 saturated carbocycles. The van der Waals surface area contributed by atoms with Gasteiger partial charge in [0.2, 0.25) is 5.91 Å². The maximum Gasteiger partial charge on any atom is 0.315 e. The number of nitrogens with one attached hydrogen (secondary N) is 1. The minimum Gasteiger partial charge on any atom is -0.351 e. The molecule has 0 spiro atoms. The summed E-state index contributed by atoms with van der Waals surface area (Å²) in [6.07, 6.45) is 1.76. The van der Waals surface area contributed by atoms with Crippen molar-refractivity contribution in [1.82, 2.24) is 9.88 Å². The molecule has 1 aliphatic rings. The van der Waals surface area contributed by atoms with E-state index in [4.69, 9.17) is 5.73 Å². The highest BCUT2D eigenvalue weighted by Crippen LogP contribution is 2.26. The molecule has 1 aliphatic heterocycles. The number of rotatable bonds is 2. The van der Waals surface area contributed by atoms with E-state index in [1.807, 2.05) is 13.8 Å². The SMILES string of the molecule is CCC(C)C1C(=O)Nc2cc(F)cnc2CN1C(N)=O. The normalized spacial score (nSPS) is 19.9. The molecule has 20 heavy (non-hydrogen) atoms. The van der Waals surface area contributed by atoms with Crippen LogP contribution in [0.15, 0.2) is 12.3 Å². The molecule has 0 fully saturated rings. The molecule has 2 unspecified atom stereocenters. The van der Waals surface area contributed by atoms with Gasteiger partial charge in [0.05, 0.1) is 24.1 Å². The predicted molar refractivity (Wildman–Crippen MR) is 71.2 cm³/mol. The van der Waals surface area contributed by atoms with Crippen molar-refractivity contribution in [3.8, 4) is 0 Å². The van der Waals surface area contributed by atoms with Gasteiger partial charge in [-0.2, -0.15) is 0 Å². The molecule has 0 aliphatic carbocycles. The number of anilines is 1. The number of nitrogens with zero attached hydrogens (tertiary/aromatic N) is 2. The number of fused-ring (bicyclic) bond motifs is 1. The predicted octanol–water partition coefficient (Wildman–Crippen LogP) is 1.47. The van der Waals surface area contributed by atoms with Gasteiger partial charge < -0.3 is 16.0 Å². The van der Waals surface area contributed by atoms with Crippen LogP contribution >= 0.6 is 0 Å². The standard InChI is InChI=1S/C13H17FN4O2/c1-3-7(2)11-12(19)17-9-4-8(14)5-16-10(9)6-18(11)13(15)20/h4-5,7,11H,3,6H2,1-2H3,(H2,15,20)(H,17,19). The molecule has 1 aromatic heterocycles. The number of aromatic nitrogens is 1. The number of primary amides is 1. The molecule has 6 nitrogen and oxygen atoms in total. The zero-order chi connectivity index (χ0) is 14.9. The number of urea groups is 1. The fourth-order valence-electron chi connectivity index (χ4n) is 2.31. The summed E-state index contributed by atoms with van der Waals surface area (Å²) in [7, 11) is 0. The first-order valence-corrected chi connectivity index (χ1v) is 6.45. The fraction of sp³-hybridized carbons (Fsp3) is 0.462. The Bertz CT molecular complexity index is 549. The van der Waals surface area contributed by atoms with E-state index in [1.165, 1.54) is 11.0 Å². The van der Waals surface area contributed by atoms with Crippen LogP contribution in [0.3, 0.4) is 0 Å². The monoisotopic (exact) mass is 280 g/mol. The van der Waals surface area contributed by atoms with Crippen LogP contribution in [0.25, 0.3) is 0 Å². The molecule has 3 N–H and O–H groups in total. The van der Waals surface area contributed by atoms with E-state index in [9.17, 15) is 14.0 Å². The van der Waals surface area contributed by atoms with Gasteiger partial charge in [-0.1, -0.05) is 20.3 Å². The first kappa shape index (κ1) is 14.2. The molecule has 0 saturated heterocycles. The molecule has 0 bridgehead atoms. The third-order valence-corrected chi connectivity index (χ3v) is 3.59. The van der Waals surface area contributed by atoms with E-state index in [0.29, 0.717) is 12.1 Å². The summed E-state index contributed by atoms with van der Waals surface area (Å²) < 4.78 is 13.2. The number of carbonyl (C=O) groups is 2. The van der Waals surface area contributed by atoms with Gasteiger partial charge in [0.1, 0.15) is 11.9 Å². The second-order valence-corrected chi connectivity index (χ2v) is 4.93. The van der Waals surface area contributed by atoms with E-state index < -0.39 is 17.9 Å². The van der Waals surface area contributed by atoms with E-state index >= 15 is 0 Å². The summed E-state index contributed by atoms with van der Waals surface area (Å²) in [6.45, 7) is 3.87. The molecule has 2 rings (SSSR count). The minimum absolute atomic E-state index is 0.0679. The Balaban J connectivity index is 2.45. The largest absolute Gasteiger partial charge is 0.351 e. The topological polar surface area (TPSA) is 88.3 Å². The van der Waals surface area contributed by atoms with Gasteiger partial charge in [0.25, 0.3) is 0 Å². The number of pyridine rings is 1. The Morgan fingerprint density at radius 2 is 2.40 bits per heavy atom. The third-order valence-electron chi connectivity index (χ3n) is 3.59. The number of nitrogens with two attached hydrogens (primary N) is 1. The smallest absolute Gasteiger partial charge is 0.315 e. The van der Waals surface area contributed by atoms with Crippen LogP contribution in [0.1, 0.15) is 26.0 Å². The summed E-state index contributed by atoms with van der Waals surface area (Å²) >= 11 is 0. The van der Waals surface area contributed by atoms with E-state index in [1.54, 1.807) is 0 Å². The average Bonchev–Trinajstić information content (AvgIpc) is 2.53. The Morgan fingerprint density at radius 3 is 3.00 bits per heavy atom. The molecular weight excluding hydrogens is 263 g/mol. The first-order chi connectivity index (χ1) is 9.43. The Hall–Kier alpha value is -2.18. The van der Waals surface area contributed by atoms with E-state index in [-0.39, 0.29) is 24.1 Å². The van der Waals surface area contributed by atoms with Crippen molar-refractivity contribution in [3.63, 3.8) is 0 Å². The Morgan fingerprint density at radius 1 is 1.70 bits per heavy atom. The Kier molecular flexibility index (Phi) is 3.87. The summed E-state index contributed by atoms with van der Waals surface area (Å²) in [5, 5.41) is 2.62. The van der Waals surface area contributed by atoms with Gasteiger partial charge in [0.15, 0.2) is 0 Å². The summed E-state index contributed by atoms with van der Waals surface area (Å²) in [4.78, 5) is 29.1. The van der Waals surface area contributed by atoms with Gasteiger partial charge >= 0.3 is 6.03 Å². The average molecular weight is 280 g/mol. The van der Waals surface area contributed by atoms with Gasteiger partial charge in [-0.15, -0.1) is 0 Å². The van der Waals surface area contributed by atoms with Crippen LogP contribution in [0.5, 0.6) is 0 Å². The number of hydrogen-bond donors (Lipinski definition) is 2. The molecule has 3 amide bonds. The van der Waals surface area contributed by atoms with Crippen LogP contribution in [0, 0.1) is 11.7 Å². The lowest BCUT2D eigenvalue weighted by Gasteiger charge is -2.30. The molecule has 0 radical (unpaired) electrons. The highest BCUT2D eigenvalue weighted by atomic mass is 19.1. The number of amides is 3. The van der Waals surface area contributed by atoms with Gasteiger partial charge in [0, 0.05) is 6.07 Å². The number of hydrogen-bond acceptors (Lipinski definition) is 3. The number of carbonyl (C=O) groups excluding carboxylic acids is 2. The Labute approximate surface area is 116 Å². The van der Waals surface area contributed by atoms with Gasteiger partial charge in [-0.05, 0) is 5.92 Å². The van der Waals surface area contributed by atoms with Crippen molar-refractivity contribution >= 4 is 17.6 Å². The van der Waals surface area contributed by atoms with Crippen molar-refractivity contribution in [2.75, 3.05) is 5.32 Å². The minimum atomic E-state index is -0.690. The van der Waals surface area contributed by atoms with Gasteiger partial charge in [-0.25, -0.2) is 9.18 Å². The lowest BCUT2D eigenvalue weighted by molar-refractivity contribution is -0.121. The van der Waals surface area contributed by atoms with E-state index in [2.05, 4.69) is 10.3 Å². The van der Waals surface area contributed by atoms with Crippen molar-refractivity contribution in [1.29, 1.82) is 0 Å². The van der Waals surface area contributed by atoms with E-state index in [0.717, 1.165) is 6.20 Å². The van der Waals surface area contributed by atoms with Crippen LogP contribution in [0.2, 0.25) is 0 Å². The van der Waals surface area contributed by atoms with Crippen molar-refractivity contribution in [3.05, 3.63) is 23.8 Å². The molecule has 7 heteroatoms. The maximum absolute atomic E-state index is 13.2. The van der Waals surface area contributed by atoms with Crippen LogP contribution in [-0.4, -0.2) is 27.9 Å². The highest BCUT2D eigenvalue weighted by molar-refractivity contribution is 5.98. The first-order valence-electron chi connectivity index (χ1n) is 6.45. The fourth-order valence-corrected chi connectivity index (χ4v) is 2.31. The van der Waals surface area contributed by atoms with Crippen molar-refractivity contribution in [2.45, 2.75) is 32.9 Å². The van der Waals surface area contributed by atoms with Crippen molar-refractivity contribution in [2.24, 2.45) is 11.7 Å². The van der Waals surface area contributed by atoms with Crippen molar-refractivity contribution < 1.29 is 14.0 Å². The zero-order valence-corrected chi connectivity index (χ0v) is 11.4. The maximum atomic E-state index is 13.2. The van der Waals surface area contributed by atoms with Crippen LogP contribution < -0.4 is 11.1 Å². The third kappa shape index (κ3) is 2.56. The van der Waals surface area contributed by atoms with Crippen LogP contribution in [0.4, 0.5) is 14.9 Å². The molecule has 1 aromatic rings. The second-order valence-electron chi connectivity index (χ2n) is 4.93. The van der Waals surface area contributed by atoms with Gasteiger partial charge in [-0.3, -0.25) is 9.78 Å². The summed E-state index contributed by atoms with van der Waals surface area (Å²) in [5.41, 5.74) is 6.08. The second kappa shape index (κ2) is 5.44. The summed E-state index contributed by atoms with van der Waals surface area (Å²) in [5.74, 6) is -0.984. The molecule has 0 aromatic carbocycles. The molecule has 2 heterocycles. The molecule has 2 atom stereocenters. The highest BCUT2D eigenvalue weighted by Gasteiger charge is 2.36. The van der Waals surface area contributed by atoms with Crippen LogP contribution in [-0.2, 0) is 11.3 Å².